The van der Waals surface area contributed by atoms with Crippen LogP contribution in [0.15, 0.2) is 0 Å². The zero-order valence-corrected chi connectivity index (χ0v) is 12.9. The van der Waals surface area contributed by atoms with E-state index in [4.69, 9.17) is 21.6 Å². The molecule has 0 aliphatic carbocycles. The largest absolute Gasteiger partial charge is 0.469 e. The fourth-order valence-electron chi connectivity index (χ4n) is 1.19. The van der Waals surface area contributed by atoms with Gasteiger partial charge in [0.15, 0.2) is 0 Å². The van der Waals surface area contributed by atoms with Crippen LogP contribution in [0, 0.1) is 11.3 Å². The highest BCUT2D eigenvalue weighted by molar-refractivity contribution is 8.08. The SMILES string of the molecule is COC(=O)CCC(NP(O)(=S)OCCC#N)C(=O)OC. The van der Waals surface area contributed by atoms with E-state index in [-0.39, 0.29) is 25.9 Å². The summed E-state index contributed by atoms with van der Waals surface area (Å²) in [6, 6.07) is 0.841. The van der Waals surface area contributed by atoms with Gasteiger partial charge in [0.25, 0.3) is 6.64 Å². The number of carbonyl (C=O) groups excluding carboxylic acids is 2. The molecule has 0 aromatic heterocycles. The van der Waals surface area contributed by atoms with E-state index in [0.29, 0.717) is 0 Å². The molecule has 0 heterocycles. The highest BCUT2D eigenvalue weighted by Crippen LogP contribution is 2.38. The number of hydrogen-bond acceptors (Lipinski definition) is 7. The van der Waals surface area contributed by atoms with Crippen LogP contribution in [0.2, 0.25) is 0 Å². The average Bonchev–Trinajstić information content (AvgIpc) is 2.42. The second-order valence-corrected chi connectivity index (χ2v) is 6.62. The molecule has 114 valence electrons. The van der Waals surface area contributed by atoms with Gasteiger partial charge in [0.05, 0.1) is 33.3 Å². The lowest BCUT2D eigenvalue weighted by Gasteiger charge is -2.22. The fraction of sp³-hybridized carbons (Fsp3) is 0.700. The van der Waals surface area contributed by atoms with Crippen LogP contribution in [0.1, 0.15) is 19.3 Å². The lowest BCUT2D eigenvalue weighted by atomic mass is 10.2. The summed E-state index contributed by atoms with van der Waals surface area (Å²) in [6.07, 6.45) is 0.0579. The number of esters is 2. The van der Waals surface area contributed by atoms with E-state index in [1.165, 1.54) is 14.2 Å². The normalized spacial score (nSPS) is 14.7. The molecule has 20 heavy (non-hydrogen) atoms. The Morgan fingerprint density at radius 3 is 2.60 bits per heavy atom. The predicted molar refractivity (Wildman–Crippen MR) is 72.9 cm³/mol. The van der Waals surface area contributed by atoms with E-state index < -0.39 is 24.6 Å². The first kappa shape index (κ1) is 19.0. The van der Waals surface area contributed by atoms with Crippen molar-refractivity contribution in [3.05, 3.63) is 0 Å². The van der Waals surface area contributed by atoms with Gasteiger partial charge in [-0.1, -0.05) is 0 Å². The molecule has 0 aliphatic heterocycles. The Hall–Kier alpha value is -1.04. The Morgan fingerprint density at radius 2 is 2.10 bits per heavy atom. The molecule has 0 rings (SSSR count). The van der Waals surface area contributed by atoms with Crippen LogP contribution in [0.25, 0.3) is 0 Å². The molecule has 0 bridgehead atoms. The highest BCUT2D eigenvalue weighted by atomic mass is 32.5. The number of hydrogen-bond donors (Lipinski definition) is 2. The van der Waals surface area contributed by atoms with Gasteiger partial charge in [-0.2, -0.15) is 5.26 Å². The third-order valence-corrected chi connectivity index (χ3v) is 3.95. The second-order valence-electron chi connectivity index (χ2n) is 3.58. The Morgan fingerprint density at radius 1 is 1.45 bits per heavy atom. The molecular formula is C10H17N2O6PS. The van der Waals surface area contributed by atoms with Crippen molar-refractivity contribution in [3.8, 4) is 6.07 Å². The maximum absolute atomic E-state index is 11.5. The minimum absolute atomic E-state index is 0.0416. The van der Waals surface area contributed by atoms with Crippen molar-refractivity contribution < 1.29 is 28.5 Å². The van der Waals surface area contributed by atoms with Crippen LogP contribution >= 0.6 is 6.64 Å². The zero-order valence-electron chi connectivity index (χ0n) is 11.2. The number of rotatable bonds is 9. The van der Waals surface area contributed by atoms with Gasteiger partial charge in [0.2, 0.25) is 0 Å². The monoisotopic (exact) mass is 324 g/mol. The molecule has 10 heteroatoms. The summed E-state index contributed by atoms with van der Waals surface area (Å²) in [5.74, 6) is -1.18. The Bertz CT molecular complexity index is 424. The Labute approximate surface area is 122 Å². The molecule has 8 nitrogen and oxygen atoms in total. The van der Waals surface area contributed by atoms with Crippen molar-refractivity contribution in [2.45, 2.75) is 25.3 Å². The molecule has 0 spiro atoms. The molecule has 0 saturated heterocycles. The molecular weight excluding hydrogens is 307 g/mol. The van der Waals surface area contributed by atoms with Gasteiger partial charge >= 0.3 is 11.9 Å². The van der Waals surface area contributed by atoms with E-state index >= 15 is 0 Å². The maximum atomic E-state index is 11.5. The average molecular weight is 324 g/mol. The van der Waals surface area contributed by atoms with Crippen LogP contribution in [-0.4, -0.2) is 43.7 Å². The highest BCUT2D eigenvalue weighted by Gasteiger charge is 2.27. The maximum Gasteiger partial charge on any atom is 0.323 e. The van der Waals surface area contributed by atoms with Crippen molar-refractivity contribution >= 4 is 30.4 Å². The van der Waals surface area contributed by atoms with Crippen molar-refractivity contribution in [1.82, 2.24) is 5.09 Å². The predicted octanol–water partition coefficient (Wildman–Crippen LogP) is 0.218. The fourth-order valence-corrected chi connectivity index (χ4v) is 2.84. The molecule has 0 aromatic rings. The number of ether oxygens (including phenoxy) is 2. The van der Waals surface area contributed by atoms with Crippen molar-refractivity contribution in [3.63, 3.8) is 0 Å². The summed E-state index contributed by atoms with van der Waals surface area (Å²) in [5, 5.41) is 10.8. The van der Waals surface area contributed by atoms with Crippen LogP contribution in [0.4, 0.5) is 0 Å². The van der Waals surface area contributed by atoms with Gasteiger partial charge in [-0.3, -0.25) is 9.59 Å². The number of carbonyl (C=O) groups is 2. The summed E-state index contributed by atoms with van der Waals surface area (Å²) in [6.45, 7) is -3.49. The van der Waals surface area contributed by atoms with E-state index in [2.05, 4.69) is 14.6 Å². The third-order valence-electron chi connectivity index (χ3n) is 2.15. The smallest absolute Gasteiger partial charge is 0.323 e. The summed E-state index contributed by atoms with van der Waals surface area (Å²) in [7, 11) is 2.40. The molecule has 2 N–H and O–H groups in total. The van der Waals surface area contributed by atoms with Crippen LogP contribution in [0.3, 0.4) is 0 Å². The molecule has 0 aromatic carbocycles. The lowest BCUT2D eigenvalue weighted by molar-refractivity contribution is -0.144. The zero-order chi connectivity index (χ0) is 15.6. The van der Waals surface area contributed by atoms with E-state index in [1.54, 1.807) is 0 Å². The number of nitrogens with zero attached hydrogens (tertiary/aromatic N) is 1. The van der Waals surface area contributed by atoms with E-state index in [9.17, 15) is 14.5 Å². The summed E-state index contributed by atoms with van der Waals surface area (Å²) >= 11 is 4.81. The minimum atomic E-state index is -3.43. The van der Waals surface area contributed by atoms with Crippen LogP contribution < -0.4 is 5.09 Å². The van der Waals surface area contributed by atoms with Crippen LogP contribution in [-0.2, 0) is 35.4 Å². The van der Waals surface area contributed by atoms with Gasteiger partial charge < -0.3 is 18.9 Å². The molecule has 0 radical (unpaired) electrons. The quantitative estimate of drug-likeness (QED) is 0.349. The van der Waals surface area contributed by atoms with Gasteiger partial charge in [-0.05, 0) is 18.2 Å². The standard InChI is InChI=1S/C10H17N2O6PS/c1-16-9(13)5-4-8(10(14)17-2)12-19(15,20)18-7-3-6-11/h8H,3-5,7H2,1-2H3,(H2,12,15,20). The summed E-state index contributed by atoms with van der Waals surface area (Å²) in [5.41, 5.74) is 0. The first-order valence-electron chi connectivity index (χ1n) is 5.63. The van der Waals surface area contributed by atoms with E-state index in [0.717, 1.165) is 0 Å². The molecule has 2 atom stereocenters. The minimum Gasteiger partial charge on any atom is -0.469 e. The lowest BCUT2D eigenvalue weighted by Crippen LogP contribution is -2.36. The van der Waals surface area contributed by atoms with Crippen LogP contribution in [0.5, 0.6) is 0 Å². The van der Waals surface area contributed by atoms with E-state index in [1.807, 2.05) is 6.07 Å². The van der Waals surface area contributed by atoms with Gasteiger partial charge in [-0.25, -0.2) is 5.09 Å². The summed E-state index contributed by atoms with van der Waals surface area (Å²) in [4.78, 5) is 32.4. The molecule has 2 unspecified atom stereocenters. The third kappa shape index (κ3) is 8.19. The van der Waals surface area contributed by atoms with Crippen molar-refractivity contribution in [2.75, 3.05) is 20.8 Å². The van der Waals surface area contributed by atoms with Gasteiger partial charge in [0, 0.05) is 6.42 Å². The molecule has 0 saturated carbocycles. The molecule has 0 aliphatic rings. The number of nitriles is 1. The Kier molecular flexibility index (Phi) is 9.29. The van der Waals surface area contributed by atoms with Crippen molar-refractivity contribution in [1.29, 1.82) is 5.26 Å². The van der Waals surface area contributed by atoms with Gasteiger partial charge in [0.1, 0.15) is 6.04 Å². The number of methoxy groups -OCH3 is 2. The first-order chi connectivity index (χ1) is 9.36. The van der Waals surface area contributed by atoms with Crippen molar-refractivity contribution in [2.24, 2.45) is 0 Å². The number of nitrogens with one attached hydrogen (secondary N) is 1. The first-order valence-corrected chi connectivity index (χ1v) is 8.30. The topological polar surface area (TPSA) is 118 Å². The molecule has 0 amide bonds. The molecule has 0 fully saturated rings. The summed E-state index contributed by atoms with van der Waals surface area (Å²) < 4.78 is 14.0. The Balaban J connectivity index is 4.55. The van der Waals surface area contributed by atoms with Gasteiger partial charge in [-0.15, -0.1) is 0 Å². The second kappa shape index (κ2) is 9.80.